The van der Waals surface area contributed by atoms with E-state index in [1.54, 1.807) is 18.2 Å². The summed E-state index contributed by atoms with van der Waals surface area (Å²) in [5.41, 5.74) is 14.1. The molecular formula is C17H18N2O3. The summed E-state index contributed by atoms with van der Waals surface area (Å²) in [6, 6.07) is 12.8. The Bertz CT molecular complexity index is 682. The summed E-state index contributed by atoms with van der Waals surface area (Å²) in [5.74, 6) is -0.0427. The summed E-state index contributed by atoms with van der Waals surface area (Å²) in [6.07, 6.45) is 2.90. The molecule has 0 fully saturated rings. The van der Waals surface area contributed by atoms with E-state index in [9.17, 15) is 4.79 Å². The maximum atomic E-state index is 11.7. The zero-order chi connectivity index (χ0) is 15.9. The van der Waals surface area contributed by atoms with Gasteiger partial charge in [0.2, 0.25) is 0 Å². The number of carbonyl (C=O) groups excluding carboxylic acids is 1. The minimum Gasteiger partial charge on any atom is -0.492 e. The number of hydrogen-bond donors (Lipinski definition) is 2. The summed E-state index contributed by atoms with van der Waals surface area (Å²) in [6.45, 7) is 0.227. The molecule has 0 aliphatic rings. The average Bonchev–Trinajstić information content (AvgIpc) is 2.53. The van der Waals surface area contributed by atoms with Crippen LogP contribution in [0.15, 0.2) is 48.5 Å². The molecule has 0 aromatic heterocycles. The normalized spacial score (nSPS) is 10.6. The fourth-order valence-electron chi connectivity index (χ4n) is 1.94. The average molecular weight is 298 g/mol. The van der Waals surface area contributed by atoms with Crippen molar-refractivity contribution in [1.82, 2.24) is 0 Å². The number of carbonyl (C=O) groups is 1. The summed E-state index contributed by atoms with van der Waals surface area (Å²) >= 11 is 0. The number of anilines is 2. The quantitative estimate of drug-likeness (QED) is 0.503. The van der Waals surface area contributed by atoms with Crippen LogP contribution in [0.1, 0.15) is 11.1 Å². The molecule has 2 aromatic rings. The van der Waals surface area contributed by atoms with Crippen LogP contribution in [0, 0.1) is 0 Å². The first-order valence-electron chi connectivity index (χ1n) is 6.72. The molecule has 4 N–H and O–H groups in total. The Morgan fingerprint density at radius 3 is 2.55 bits per heavy atom. The summed E-state index contributed by atoms with van der Waals surface area (Å²) < 4.78 is 10.3. The number of hydrogen-bond acceptors (Lipinski definition) is 5. The van der Waals surface area contributed by atoms with Gasteiger partial charge in [0.25, 0.3) is 0 Å². The molecule has 0 spiro atoms. The molecule has 5 nitrogen and oxygen atoms in total. The lowest BCUT2D eigenvalue weighted by Crippen LogP contribution is -2.02. The van der Waals surface area contributed by atoms with Crippen LogP contribution < -0.4 is 16.2 Å². The van der Waals surface area contributed by atoms with Crippen molar-refractivity contribution in [2.75, 3.05) is 18.6 Å². The number of rotatable bonds is 5. The molecule has 22 heavy (non-hydrogen) atoms. The van der Waals surface area contributed by atoms with Gasteiger partial charge in [-0.3, -0.25) is 0 Å². The summed E-state index contributed by atoms with van der Waals surface area (Å²) in [7, 11) is 1.49. The molecule has 0 atom stereocenters. The highest BCUT2D eigenvalue weighted by molar-refractivity contribution is 5.89. The molecule has 114 valence electrons. The van der Waals surface area contributed by atoms with Crippen molar-refractivity contribution in [3.63, 3.8) is 0 Å². The Morgan fingerprint density at radius 2 is 1.86 bits per heavy atom. The fourth-order valence-corrected chi connectivity index (χ4v) is 1.94. The largest absolute Gasteiger partial charge is 0.492 e. The van der Waals surface area contributed by atoms with Crippen molar-refractivity contribution in [2.45, 2.75) is 6.61 Å². The molecule has 0 heterocycles. The Balaban J connectivity index is 2.01. The minimum atomic E-state index is -0.445. The third-order valence-corrected chi connectivity index (χ3v) is 3.09. The van der Waals surface area contributed by atoms with Gasteiger partial charge in [0.05, 0.1) is 18.5 Å². The molecule has 0 radical (unpaired) electrons. The highest BCUT2D eigenvalue weighted by atomic mass is 16.5. The highest BCUT2D eigenvalue weighted by Crippen LogP contribution is 2.32. The van der Waals surface area contributed by atoms with Gasteiger partial charge >= 0.3 is 5.97 Å². The smallest absolute Gasteiger partial charge is 0.331 e. The second kappa shape index (κ2) is 7.17. The number of nitrogens with two attached hydrogens (primary N) is 2. The van der Waals surface area contributed by atoms with Gasteiger partial charge in [-0.15, -0.1) is 0 Å². The summed E-state index contributed by atoms with van der Waals surface area (Å²) in [5, 5.41) is 0. The number of benzene rings is 2. The molecular weight excluding hydrogens is 280 g/mol. The third-order valence-electron chi connectivity index (χ3n) is 3.09. The van der Waals surface area contributed by atoms with Gasteiger partial charge in [-0.2, -0.15) is 0 Å². The third kappa shape index (κ3) is 3.79. The molecule has 0 amide bonds. The first-order valence-corrected chi connectivity index (χ1v) is 6.72. The summed E-state index contributed by atoms with van der Waals surface area (Å²) in [4.78, 5) is 11.7. The van der Waals surface area contributed by atoms with E-state index in [0.29, 0.717) is 22.7 Å². The fraction of sp³-hybridized carbons (Fsp3) is 0.118. The predicted octanol–water partition coefficient (Wildman–Crippen LogP) is 2.62. The Morgan fingerprint density at radius 1 is 1.14 bits per heavy atom. The second-order valence-electron chi connectivity index (χ2n) is 4.62. The van der Waals surface area contributed by atoms with Gasteiger partial charge in [-0.05, 0) is 17.7 Å². The van der Waals surface area contributed by atoms with E-state index < -0.39 is 5.97 Å². The first-order chi connectivity index (χ1) is 10.6. The molecule has 0 aliphatic carbocycles. The van der Waals surface area contributed by atoms with Crippen molar-refractivity contribution in [3.8, 4) is 5.75 Å². The maximum Gasteiger partial charge on any atom is 0.331 e. The standard InChI is InChI=1S/C17H18N2O3/c1-21-17-14(18)9-7-13(16(17)19)8-10-15(20)22-11-12-5-3-2-4-6-12/h2-10H,11,18-19H2,1H3. The van der Waals surface area contributed by atoms with Crippen molar-refractivity contribution < 1.29 is 14.3 Å². The second-order valence-corrected chi connectivity index (χ2v) is 4.62. The van der Waals surface area contributed by atoms with Crippen LogP contribution in [0.2, 0.25) is 0 Å². The van der Waals surface area contributed by atoms with Gasteiger partial charge in [0.15, 0.2) is 5.75 Å². The minimum absolute atomic E-state index is 0.227. The predicted molar refractivity (Wildman–Crippen MR) is 87.1 cm³/mol. The zero-order valence-corrected chi connectivity index (χ0v) is 12.3. The van der Waals surface area contributed by atoms with Crippen LogP contribution in [0.3, 0.4) is 0 Å². The van der Waals surface area contributed by atoms with E-state index >= 15 is 0 Å². The van der Waals surface area contributed by atoms with Crippen molar-refractivity contribution >= 4 is 23.4 Å². The molecule has 0 saturated heterocycles. The lowest BCUT2D eigenvalue weighted by Gasteiger charge is -2.10. The SMILES string of the molecule is COc1c(N)ccc(C=CC(=O)OCc2ccccc2)c1N. The van der Waals surface area contributed by atoms with Crippen LogP contribution in [-0.2, 0) is 16.1 Å². The van der Waals surface area contributed by atoms with E-state index in [-0.39, 0.29) is 6.61 Å². The van der Waals surface area contributed by atoms with Crippen LogP contribution in [-0.4, -0.2) is 13.1 Å². The van der Waals surface area contributed by atoms with Crippen molar-refractivity contribution in [3.05, 3.63) is 59.7 Å². The zero-order valence-electron chi connectivity index (χ0n) is 12.3. The van der Waals surface area contributed by atoms with Gasteiger partial charge in [0, 0.05) is 11.6 Å². The first kappa shape index (κ1) is 15.4. The van der Waals surface area contributed by atoms with Gasteiger partial charge < -0.3 is 20.9 Å². The number of methoxy groups -OCH3 is 1. The Labute approximate surface area is 129 Å². The van der Waals surface area contributed by atoms with Crippen molar-refractivity contribution in [1.29, 1.82) is 0 Å². The number of nitrogen functional groups attached to an aromatic ring is 2. The van der Waals surface area contributed by atoms with E-state index in [1.807, 2.05) is 30.3 Å². The lowest BCUT2D eigenvalue weighted by atomic mass is 10.1. The van der Waals surface area contributed by atoms with E-state index in [0.717, 1.165) is 5.56 Å². The van der Waals surface area contributed by atoms with Gasteiger partial charge in [-0.25, -0.2) is 4.79 Å². The molecule has 0 bridgehead atoms. The molecule has 0 unspecified atom stereocenters. The van der Waals surface area contributed by atoms with Crippen LogP contribution in [0.25, 0.3) is 6.08 Å². The molecule has 0 aliphatic heterocycles. The van der Waals surface area contributed by atoms with Crippen molar-refractivity contribution in [2.24, 2.45) is 0 Å². The van der Waals surface area contributed by atoms with Crippen LogP contribution in [0.5, 0.6) is 5.75 Å². The van der Waals surface area contributed by atoms with Crippen LogP contribution >= 0.6 is 0 Å². The molecule has 0 saturated carbocycles. The van der Waals surface area contributed by atoms with Gasteiger partial charge in [0.1, 0.15) is 6.61 Å². The molecule has 2 aromatic carbocycles. The van der Waals surface area contributed by atoms with E-state index in [1.165, 1.54) is 13.2 Å². The maximum absolute atomic E-state index is 11.7. The molecule has 2 rings (SSSR count). The monoisotopic (exact) mass is 298 g/mol. The highest BCUT2D eigenvalue weighted by Gasteiger charge is 2.08. The lowest BCUT2D eigenvalue weighted by molar-refractivity contribution is -0.138. The Hall–Kier alpha value is -2.95. The molecule has 5 heteroatoms. The van der Waals surface area contributed by atoms with E-state index in [4.69, 9.17) is 20.9 Å². The topological polar surface area (TPSA) is 87.6 Å². The number of ether oxygens (including phenoxy) is 2. The van der Waals surface area contributed by atoms with Gasteiger partial charge in [-0.1, -0.05) is 36.4 Å². The Kier molecular flexibility index (Phi) is 5.03. The van der Waals surface area contributed by atoms with Crippen LogP contribution in [0.4, 0.5) is 11.4 Å². The van der Waals surface area contributed by atoms with E-state index in [2.05, 4.69) is 0 Å². The number of esters is 1.